The third kappa shape index (κ3) is 5.58. The standard InChI is InChI=1S/C27H32N2O5/c30-24(31)13-3-1-2-8-16-28-25(32)27(14-15-27)18-29-26(33)34-17-23-21-11-6-4-9-19(21)20-10-5-7-12-22(20)23/h4-7,9-12,23H,1-3,8,13-18H2,(H,28,32)(H,29,33)(H,30,31). The van der Waals surface area contributed by atoms with Crippen LogP contribution in [0.5, 0.6) is 0 Å². The number of carboxylic acids is 1. The molecule has 34 heavy (non-hydrogen) atoms. The molecule has 180 valence electrons. The first kappa shape index (κ1) is 23.8. The molecule has 0 bridgehead atoms. The summed E-state index contributed by atoms with van der Waals surface area (Å²) in [7, 11) is 0. The highest BCUT2D eigenvalue weighted by molar-refractivity contribution is 5.86. The van der Waals surface area contributed by atoms with Crippen LogP contribution in [0.25, 0.3) is 11.1 Å². The van der Waals surface area contributed by atoms with Crippen LogP contribution in [-0.2, 0) is 14.3 Å². The number of carboxylic acid groups (broad SMARTS) is 1. The Hall–Kier alpha value is -3.35. The Morgan fingerprint density at radius 2 is 1.50 bits per heavy atom. The Balaban J connectivity index is 1.19. The minimum Gasteiger partial charge on any atom is -0.481 e. The van der Waals surface area contributed by atoms with Crippen LogP contribution in [0.4, 0.5) is 4.79 Å². The van der Waals surface area contributed by atoms with Gasteiger partial charge in [-0.2, -0.15) is 0 Å². The van der Waals surface area contributed by atoms with Crippen molar-refractivity contribution in [2.45, 2.75) is 50.9 Å². The number of carbonyl (C=O) groups excluding carboxylic acids is 2. The summed E-state index contributed by atoms with van der Waals surface area (Å²) in [5.41, 5.74) is 4.16. The van der Waals surface area contributed by atoms with Gasteiger partial charge < -0.3 is 20.5 Å². The van der Waals surface area contributed by atoms with E-state index in [-0.39, 0.29) is 31.4 Å². The van der Waals surface area contributed by atoms with Gasteiger partial charge in [-0.1, -0.05) is 61.4 Å². The van der Waals surface area contributed by atoms with Crippen LogP contribution in [0.2, 0.25) is 0 Å². The van der Waals surface area contributed by atoms with Crippen molar-refractivity contribution in [3.05, 3.63) is 59.7 Å². The average Bonchev–Trinajstić information content (AvgIpc) is 3.57. The molecular formula is C27H32N2O5. The highest BCUT2D eigenvalue weighted by Gasteiger charge is 2.49. The molecule has 3 N–H and O–H groups in total. The lowest BCUT2D eigenvalue weighted by atomic mass is 9.98. The molecule has 2 amide bonds. The number of unbranched alkanes of at least 4 members (excludes halogenated alkanes) is 3. The maximum absolute atomic E-state index is 12.6. The van der Waals surface area contributed by atoms with E-state index in [9.17, 15) is 14.4 Å². The summed E-state index contributed by atoms with van der Waals surface area (Å²) in [5.74, 6) is -0.795. The van der Waals surface area contributed by atoms with Gasteiger partial charge in [0.25, 0.3) is 0 Å². The first-order chi connectivity index (χ1) is 16.5. The maximum Gasteiger partial charge on any atom is 0.407 e. The second kappa shape index (κ2) is 10.7. The topological polar surface area (TPSA) is 105 Å². The lowest BCUT2D eigenvalue weighted by Crippen LogP contribution is -2.41. The molecule has 0 aliphatic heterocycles. The summed E-state index contributed by atoms with van der Waals surface area (Å²) in [5, 5.41) is 14.4. The number of hydrogen-bond acceptors (Lipinski definition) is 4. The smallest absolute Gasteiger partial charge is 0.407 e. The Morgan fingerprint density at radius 3 is 2.12 bits per heavy atom. The highest BCUT2D eigenvalue weighted by atomic mass is 16.5. The molecule has 0 spiro atoms. The molecule has 0 atom stereocenters. The Morgan fingerprint density at radius 1 is 0.882 bits per heavy atom. The van der Waals surface area contributed by atoms with Gasteiger partial charge in [-0.15, -0.1) is 0 Å². The number of nitrogens with one attached hydrogen (secondary N) is 2. The Labute approximate surface area is 199 Å². The highest BCUT2D eigenvalue weighted by Crippen LogP contribution is 2.46. The van der Waals surface area contributed by atoms with Crippen LogP contribution in [-0.4, -0.2) is 42.8 Å². The molecule has 0 heterocycles. The van der Waals surface area contributed by atoms with Gasteiger partial charge in [0.15, 0.2) is 0 Å². The van der Waals surface area contributed by atoms with Crippen molar-refractivity contribution < 1.29 is 24.2 Å². The third-order valence-electron chi connectivity index (χ3n) is 6.85. The van der Waals surface area contributed by atoms with Crippen molar-refractivity contribution in [2.24, 2.45) is 5.41 Å². The van der Waals surface area contributed by atoms with Gasteiger partial charge in [0.05, 0.1) is 5.41 Å². The fourth-order valence-corrected chi connectivity index (χ4v) is 4.67. The summed E-state index contributed by atoms with van der Waals surface area (Å²) in [6.07, 6.45) is 4.41. The van der Waals surface area contributed by atoms with E-state index in [1.54, 1.807) is 0 Å². The second-order valence-electron chi connectivity index (χ2n) is 9.27. The maximum atomic E-state index is 12.6. The van der Waals surface area contributed by atoms with Gasteiger partial charge in [-0.05, 0) is 47.9 Å². The fourth-order valence-electron chi connectivity index (χ4n) is 4.67. The zero-order valence-electron chi connectivity index (χ0n) is 19.3. The number of rotatable bonds is 12. The number of fused-ring (bicyclic) bond motifs is 3. The van der Waals surface area contributed by atoms with E-state index in [1.807, 2.05) is 24.3 Å². The number of benzene rings is 2. The molecule has 1 fully saturated rings. The molecular weight excluding hydrogens is 432 g/mol. The molecule has 0 unspecified atom stereocenters. The number of alkyl carbamates (subject to hydrolysis) is 1. The van der Waals surface area contributed by atoms with Gasteiger partial charge in [-0.3, -0.25) is 9.59 Å². The van der Waals surface area contributed by atoms with Crippen molar-refractivity contribution in [3.63, 3.8) is 0 Å². The molecule has 0 radical (unpaired) electrons. The Bertz CT molecular complexity index is 1000. The van der Waals surface area contributed by atoms with E-state index in [4.69, 9.17) is 9.84 Å². The molecule has 2 aliphatic rings. The lowest BCUT2D eigenvalue weighted by Gasteiger charge is -2.18. The zero-order valence-corrected chi connectivity index (χ0v) is 19.3. The summed E-state index contributed by atoms with van der Waals surface area (Å²) in [6, 6.07) is 16.4. The summed E-state index contributed by atoms with van der Waals surface area (Å²) >= 11 is 0. The first-order valence-corrected chi connectivity index (χ1v) is 12.1. The van der Waals surface area contributed by atoms with E-state index in [2.05, 4.69) is 34.9 Å². The van der Waals surface area contributed by atoms with E-state index < -0.39 is 17.5 Å². The molecule has 0 saturated heterocycles. The van der Waals surface area contributed by atoms with E-state index in [0.717, 1.165) is 43.2 Å². The van der Waals surface area contributed by atoms with Crippen molar-refractivity contribution in [3.8, 4) is 11.1 Å². The molecule has 7 nitrogen and oxygen atoms in total. The minimum absolute atomic E-state index is 0.00633. The SMILES string of the molecule is O=C(O)CCCCCCNC(=O)C1(CNC(=O)OCC2c3ccccc3-c3ccccc32)CC1. The van der Waals surface area contributed by atoms with Gasteiger partial charge in [-0.25, -0.2) is 4.79 Å². The quantitative estimate of drug-likeness (QED) is 0.403. The normalized spacial score (nSPS) is 15.2. The molecule has 2 aliphatic carbocycles. The fraction of sp³-hybridized carbons (Fsp3) is 0.444. The van der Waals surface area contributed by atoms with Gasteiger partial charge >= 0.3 is 12.1 Å². The number of aliphatic carboxylic acids is 1. The number of ether oxygens (including phenoxy) is 1. The van der Waals surface area contributed by atoms with Gasteiger partial charge in [0.2, 0.25) is 5.91 Å². The molecule has 7 heteroatoms. The monoisotopic (exact) mass is 464 g/mol. The van der Waals surface area contributed by atoms with E-state index >= 15 is 0 Å². The van der Waals surface area contributed by atoms with Gasteiger partial charge in [0, 0.05) is 25.4 Å². The molecule has 2 aromatic carbocycles. The van der Waals surface area contributed by atoms with Crippen LogP contribution in [0.1, 0.15) is 62.0 Å². The first-order valence-electron chi connectivity index (χ1n) is 12.1. The minimum atomic E-state index is -0.770. The molecule has 1 saturated carbocycles. The predicted octanol–water partition coefficient (Wildman–Crippen LogP) is 4.46. The molecule has 0 aromatic heterocycles. The third-order valence-corrected chi connectivity index (χ3v) is 6.85. The van der Waals surface area contributed by atoms with Crippen molar-refractivity contribution in [2.75, 3.05) is 19.7 Å². The number of carbonyl (C=O) groups is 3. The number of hydrogen-bond donors (Lipinski definition) is 3. The predicted molar refractivity (Wildman–Crippen MR) is 128 cm³/mol. The van der Waals surface area contributed by atoms with Crippen molar-refractivity contribution in [1.82, 2.24) is 10.6 Å². The summed E-state index contributed by atoms with van der Waals surface area (Å²) < 4.78 is 5.57. The Kier molecular flexibility index (Phi) is 7.50. The lowest BCUT2D eigenvalue weighted by molar-refractivity contribution is -0.137. The summed E-state index contributed by atoms with van der Waals surface area (Å²) in [4.78, 5) is 35.5. The zero-order chi connectivity index (χ0) is 24.0. The average molecular weight is 465 g/mol. The molecule has 2 aromatic rings. The van der Waals surface area contributed by atoms with Crippen LogP contribution in [0.15, 0.2) is 48.5 Å². The summed E-state index contributed by atoms with van der Waals surface area (Å²) in [6.45, 7) is 1.09. The van der Waals surface area contributed by atoms with Crippen LogP contribution < -0.4 is 10.6 Å². The molecule has 4 rings (SSSR count). The van der Waals surface area contributed by atoms with Crippen LogP contribution >= 0.6 is 0 Å². The van der Waals surface area contributed by atoms with E-state index in [1.165, 1.54) is 11.1 Å². The second-order valence-corrected chi connectivity index (χ2v) is 9.27. The number of amides is 2. The van der Waals surface area contributed by atoms with Crippen LogP contribution in [0.3, 0.4) is 0 Å². The van der Waals surface area contributed by atoms with Crippen molar-refractivity contribution >= 4 is 18.0 Å². The van der Waals surface area contributed by atoms with Gasteiger partial charge in [0.1, 0.15) is 6.61 Å². The largest absolute Gasteiger partial charge is 0.481 e. The van der Waals surface area contributed by atoms with Crippen LogP contribution in [0, 0.1) is 5.41 Å². The van der Waals surface area contributed by atoms with E-state index in [0.29, 0.717) is 13.0 Å². The van der Waals surface area contributed by atoms with Crippen molar-refractivity contribution in [1.29, 1.82) is 0 Å².